The normalized spacial score (nSPS) is 15.5. The summed E-state index contributed by atoms with van der Waals surface area (Å²) in [5.74, 6) is -2.74. The lowest BCUT2D eigenvalue weighted by Crippen LogP contribution is -2.37. The Morgan fingerprint density at radius 2 is 1.88 bits per heavy atom. The summed E-state index contributed by atoms with van der Waals surface area (Å²) in [7, 11) is 1.36. The maximum Gasteiger partial charge on any atom is 0.294 e. The third-order valence-electron chi connectivity index (χ3n) is 4.42. The van der Waals surface area contributed by atoms with Crippen LogP contribution in [0.5, 0.6) is 11.5 Å². The second-order valence-electron chi connectivity index (χ2n) is 6.81. The third-order valence-corrected chi connectivity index (χ3v) is 5.33. The summed E-state index contributed by atoms with van der Waals surface area (Å²) in [6, 6.07) is 9.57. The molecule has 0 saturated carbocycles. The number of ether oxygens (including phenoxy) is 2. The lowest BCUT2D eigenvalue weighted by atomic mass is 10.2. The van der Waals surface area contributed by atoms with E-state index < -0.39 is 41.5 Å². The number of rotatable bonds is 8. The van der Waals surface area contributed by atoms with Crippen LogP contribution in [0.15, 0.2) is 47.4 Å². The molecule has 1 aliphatic rings. The molecule has 9 nitrogen and oxygen atoms in total. The van der Waals surface area contributed by atoms with Gasteiger partial charge in [-0.1, -0.05) is 6.07 Å². The zero-order valence-electron chi connectivity index (χ0n) is 17.5. The van der Waals surface area contributed by atoms with Crippen molar-refractivity contribution in [1.29, 1.82) is 0 Å². The van der Waals surface area contributed by atoms with Gasteiger partial charge in [-0.25, -0.2) is 4.39 Å². The maximum absolute atomic E-state index is 13.0. The lowest BCUT2D eigenvalue weighted by molar-refractivity contribution is -0.312. The van der Waals surface area contributed by atoms with Gasteiger partial charge in [0.1, 0.15) is 18.5 Å². The van der Waals surface area contributed by atoms with E-state index in [-0.39, 0.29) is 16.4 Å². The van der Waals surface area contributed by atoms with E-state index in [1.54, 1.807) is 6.07 Å². The first-order chi connectivity index (χ1) is 15.7. The minimum absolute atomic E-state index is 0.0911. The van der Waals surface area contributed by atoms with Gasteiger partial charge >= 0.3 is 0 Å². The summed E-state index contributed by atoms with van der Waals surface area (Å²) in [6.07, 6.45) is 0.236. The molecule has 0 radical (unpaired) electrons. The van der Waals surface area contributed by atoms with Gasteiger partial charge in [-0.3, -0.25) is 19.3 Å². The molecule has 11 heteroatoms. The number of carbonyl (C=O) groups excluding carboxylic acids is 4. The van der Waals surface area contributed by atoms with Crippen LogP contribution in [0.1, 0.15) is 12.5 Å². The van der Waals surface area contributed by atoms with Crippen molar-refractivity contribution in [3.8, 4) is 11.5 Å². The van der Waals surface area contributed by atoms with Crippen molar-refractivity contribution < 1.29 is 38.1 Å². The summed E-state index contributed by atoms with van der Waals surface area (Å²) >= 11 is 0.670. The topological polar surface area (TPSA) is 125 Å². The Morgan fingerprint density at radius 3 is 2.52 bits per heavy atom. The number of carboxylic acid groups (broad SMARTS) is 1. The first-order valence-electron chi connectivity index (χ1n) is 9.54. The van der Waals surface area contributed by atoms with Crippen LogP contribution < -0.4 is 19.9 Å². The molecule has 2 aromatic rings. The molecule has 2 aromatic carbocycles. The second kappa shape index (κ2) is 10.2. The second-order valence-corrected chi connectivity index (χ2v) is 7.81. The summed E-state index contributed by atoms with van der Waals surface area (Å²) in [5, 5.41) is 12.8. The molecular formula is C22H18FN2O7S-. The number of hydrogen-bond acceptors (Lipinski definition) is 8. The fourth-order valence-corrected chi connectivity index (χ4v) is 3.61. The molecule has 0 bridgehead atoms. The number of thioether (sulfide) groups is 1. The van der Waals surface area contributed by atoms with Crippen molar-refractivity contribution in [3.63, 3.8) is 0 Å². The van der Waals surface area contributed by atoms with Gasteiger partial charge in [-0.2, -0.15) is 0 Å². The van der Waals surface area contributed by atoms with Crippen LogP contribution >= 0.6 is 11.8 Å². The standard InChI is InChI=1S/C22H19FN2O7S/c1-12(21(28)29)32-16-8-3-13(9-17(16)31-2)10-18-20(27)25(22(30)33-18)11-19(26)24-15-6-4-14(23)5-7-15/h3-10,12H,11H2,1-2H3,(H,24,26)(H,28,29)/p-1/b18-10+/t12-/m1/s1. The van der Waals surface area contributed by atoms with Crippen LogP contribution in [0.4, 0.5) is 14.9 Å². The fourth-order valence-electron chi connectivity index (χ4n) is 2.77. The lowest BCUT2D eigenvalue weighted by Gasteiger charge is -2.17. The molecule has 33 heavy (non-hydrogen) atoms. The molecule has 0 aliphatic carbocycles. The largest absolute Gasteiger partial charge is 0.546 e. The number of amides is 3. The number of carbonyl (C=O) groups is 4. The van der Waals surface area contributed by atoms with Crippen molar-refractivity contribution in [2.75, 3.05) is 19.0 Å². The van der Waals surface area contributed by atoms with Gasteiger partial charge in [0.25, 0.3) is 11.1 Å². The van der Waals surface area contributed by atoms with Crippen LogP contribution in [0.2, 0.25) is 0 Å². The summed E-state index contributed by atoms with van der Waals surface area (Å²) in [4.78, 5) is 48.9. The van der Waals surface area contributed by atoms with Crippen LogP contribution in [-0.2, 0) is 14.4 Å². The highest BCUT2D eigenvalue weighted by atomic mass is 32.2. The first kappa shape index (κ1) is 23.8. The maximum atomic E-state index is 13.0. The van der Waals surface area contributed by atoms with E-state index >= 15 is 0 Å². The predicted molar refractivity (Wildman–Crippen MR) is 116 cm³/mol. The Hall–Kier alpha value is -3.86. The number of nitrogens with zero attached hydrogens (tertiary/aromatic N) is 1. The molecule has 1 aliphatic heterocycles. The molecule has 0 unspecified atom stereocenters. The molecular weight excluding hydrogens is 455 g/mol. The SMILES string of the molecule is COc1cc(/C=C2/SC(=O)N(CC(=O)Nc3ccc(F)cc3)C2=O)ccc1O[C@H](C)C(=O)[O-]. The van der Waals surface area contributed by atoms with E-state index in [0.29, 0.717) is 23.0 Å². The molecule has 1 fully saturated rings. The van der Waals surface area contributed by atoms with Crippen molar-refractivity contribution in [2.45, 2.75) is 13.0 Å². The highest BCUT2D eigenvalue weighted by molar-refractivity contribution is 8.18. The van der Waals surface area contributed by atoms with Crippen molar-refractivity contribution in [1.82, 2.24) is 4.90 Å². The number of nitrogens with one attached hydrogen (secondary N) is 1. The van der Waals surface area contributed by atoms with E-state index in [0.717, 1.165) is 4.90 Å². The molecule has 0 aromatic heterocycles. The van der Waals surface area contributed by atoms with Gasteiger partial charge in [0.2, 0.25) is 5.91 Å². The quantitative estimate of drug-likeness (QED) is 0.578. The van der Waals surface area contributed by atoms with Gasteiger partial charge in [-0.15, -0.1) is 0 Å². The number of imide groups is 1. The van der Waals surface area contributed by atoms with E-state index in [2.05, 4.69) is 5.32 Å². The average Bonchev–Trinajstić information content (AvgIpc) is 3.03. The van der Waals surface area contributed by atoms with Gasteiger partial charge in [0.15, 0.2) is 11.5 Å². The summed E-state index contributed by atoms with van der Waals surface area (Å²) < 4.78 is 23.4. The van der Waals surface area contributed by atoms with Crippen molar-refractivity contribution >= 4 is 46.5 Å². The van der Waals surface area contributed by atoms with Gasteiger partial charge in [0, 0.05) is 5.69 Å². The van der Waals surface area contributed by atoms with Gasteiger partial charge < -0.3 is 24.7 Å². The molecule has 1 saturated heterocycles. The van der Waals surface area contributed by atoms with Crippen molar-refractivity contribution in [3.05, 3.63) is 58.8 Å². The van der Waals surface area contributed by atoms with Gasteiger partial charge in [-0.05, 0) is 66.7 Å². The van der Waals surface area contributed by atoms with Crippen LogP contribution in [0, 0.1) is 5.82 Å². The number of anilines is 1. The molecule has 0 spiro atoms. The summed E-state index contributed by atoms with van der Waals surface area (Å²) in [6.45, 7) is 0.807. The average molecular weight is 473 g/mol. The predicted octanol–water partition coefficient (Wildman–Crippen LogP) is 2.03. The number of carboxylic acids is 1. The highest BCUT2D eigenvalue weighted by Gasteiger charge is 2.36. The van der Waals surface area contributed by atoms with Crippen LogP contribution in [-0.4, -0.2) is 47.7 Å². The Balaban J connectivity index is 1.71. The number of hydrogen-bond donors (Lipinski definition) is 1. The Labute approximate surface area is 192 Å². The Morgan fingerprint density at radius 1 is 1.18 bits per heavy atom. The molecule has 3 rings (SSSR count). The summed E-state index contributed by atoms with van der Waals surface area (Å²) in [5.41, 5.74) is 0.813. The highest BCUT2D eigenvalue weighted by Crippen LogP contribution is 2.34. The van der Waals surface area contributed by atoms with E-state index in [1.807, 2.05) is 0 Å². The monoisotopic (exact) mass is 473 g/mol. The minimum Gasteiger partial charge on any atom is -0.546 e. The van der Waals surface area contributed by atoms with Gasteiger partial charge in [0.05, 0.1) is 18.0 Å². The number of benzene rings is 2. The van der Waals surface area contributed by atoms with Crippen molar-refractivity contribution in [2.24, 2.45) is 0 Å². The molecule has 3 amide bonds. The Bertz CT molecular complexity index is 1130. The van der Waals surface area contributed by atoms with E-state index in [1.165, 1.54) is 56.5 Å². The molecule has 1 atom stereocenters. The fraction of sp³-hybridized carbons (Fsp3) is 0.182. The minimum atomic E-state index is -1.39. The number of aliphatic carboxylic acids is 1. The molecule has 172 valence electrons. The zero-order valence-corrected chi connectivity index (χ0v) is 18.3. The van der Waals surface area contributed by atoms with E-state index in [9.17, 15) is 28.7 Å². The van der Waals surface area contributed by atoms with E-state index in [4.69, 9.17) is 9.47 Å². The molecule has 1 N–H and O–H groups in total. The van der Waals surface area contributed by atoms with Crippen LogP contribution in [0.3, 0.4) is 0 Å². The van der Waals surface area contributed by atoms with Crippen LogP contribution in [0.25, 0.3) is 6.08 Å². The number of halogens is 1. The zero-order chi connectivity index (χ0) is 24.1. The first-order valence-corrected chi connectivity index (χ1v) is 10.4. The smallest absolute Gasteiger partial charge is 0.294 e. The molecule has 1 heterocycles. The Kier molecular flexibility index (Phi) is 7.34. The third kappa shape index (κ3) is 5.89. The number of methoxy groups -OCH3 is 1.